The molecule has 0 aliphatic carbocycles. The number of hydrogen-bond acceptors (Lipinski definition) is 4. The smallest absolute Gasteiger partial charge is 0.274 e. The van der Waals surface area contributed by atoms with Gasteiger partial charge in [0, 0.05) is 12.4 Å². The van der Waals surface area contributed by atoms with Crippen LogP contribution >= 0.6 is 11.6 Å². The molecule has 3 aromatic rings. The van der Waals surface area contributed by atoms with E-state index in [4.69, 9.17) is 11.6 Å². The third-order valence-electron chi connectivity index (χ3n) is 2.51. The van der Waals surface area contributed by atoms with Crippen molar-refractivity contribution in [3.8, 4) is 11.5 Å². The molecular formula is C12H9ClN6O. The SMILES string of the molecule is O=C(Nc1n[nH]c(-c2ccccn2)n1)c1cc(Cl)c[nH]1. The number of aromatic nitrogens is 5. The minimum atomic E-state index is -0.372. The Bertz CT molecular complexity index is 735. The number of carbonyl (C=O) groups excluding carboxylic acids is 1. The van der Waals surface area contributed by atoms with Gasteiger partial charge in [-0.3, -0.25) is 20.2 Å². The molecule has 3 aromatic heterocycles. The fourth-order valence-electron chi connectivity index (χ4n) is 1.60. The van der Waals surface area contributed by atoms with Crippen LogP contribution in [0, 0.1) is 0 Å². The van der Waals surface area contributed by atoms with Crippen LogP contribution in [0.3, 0.4) is 0 Å². The minimum Gasteiger partial charge on any atom is -0.356 e. The van der Waals surface area contributed by atoms with Crippen LogP contribution in [0.5, 0.6) is 0 Å². The lowest BCUT2D eigenvalue weighted by atomic mass is 10.3. The number of aromatic amines is 2. The highest BCUT2D eigenvalue weighted by Crippen LogP contribution is 2.14. The Morgan fingerprint density at radius 2 is 2.25 bits per heavy atom. The summed E-state index contributed by atoms with van der Waals surface area (Å²) >= 11 is 5.73. The van der Waals surface area contributed by atoms with Crippen molar-refractivity contribution in [1.82, 2.24) is 25.1 Å². The van der Waals surface area contributed by atoms with Gasteiger partial charge < -0.3 is 4.98 Å². The maximum absolute atomic E-state index is 11.9. The van der Waals surface area contributed by atoms with Crippen LogP contribution in [0.15, 0.2) is 36.7 Å². The van der Waals surface area contributed by atoms with Crippen molar-refractivity contribution in [2.45, 2.75) is 0 Å². The first-order chi connectivity index (χ1) is 9.72. The van der Waals surface area contributed by atoms with Crippen molar-refractivity contribution in [2.75, 3.05) is 5.32 Å². The highest BCUT2D eigenvalue weighted by molar-refractivity contribution is 6.31. The minimum absolute atomic E-state index is 0.168. The number of nitrogens with zero attached hydrogens (tertiary/aromatic N) is 3. The van der Waals surface area contributed by atoms with Gasteiger partial charge in [-0.05, 0) is 18.2 Å². The summed E-state index contributed by atoms with van der Waals surface area (Å²) in [5.74, 6) is 0.273. The highest BCUT2D eigenvalue weighted by atomic mass is 35.5. The van der Waals surface area contributed by atoms with Gasteiger partial charge in [-0.25, -0.2) is 0 Å². The van der Waals surface area contributed by atoms with Crippen LogP contribution in [0.25, 0.3) is 11.5 Å². The fraction of sp³-hybridized carbons (Fsp3) is 0. The second-order valence-corrected chi connectivity index (χ2v) is 4.34. The Morgan fingerprint density at radius 1 is 1.35 bits per heavy atom. The largest absolute Gasteiger partial charge is 0.356 e. The third-order valence-corrected chi connectivity index (χ3v) is 2.73. The van der Waals surface area contributed by atoms with Crippen molar-refractivity contribution in [1.29, 1.82) is 0 Å². The van der Waals surface area contributed by atoms with Gasteiger partial charge in [0.05, 0.1) is 5.02 Å². The predicted molar refractivity (Wildman–Crippen MR) is 73.4 cm³/mol. The monoisotopic (exact) mass is 288 g/mol. The number of carbonyl (C=O) groups is 1. The molecule has 0 atom stereocenters. The van der Waals surface area contributed by atoms with E-state index in [0.29, 0.717) is 22.2 Å². The summed E-state index contributed by atoms with van der Waals surface area (Å²) in [5.41, 5.74) is 0.975. The second-order valence-electron chi connectivity index (χ2n) is 3.91. The van der Waals surface area contributed by atoms with Crippen molar-refractivity contribution in [3.63, 3.8) is 0 Å². The summed E-state index contributed by atoms with van der Waals surface area (Å²) in [5, 5.41) is 9.63. The fourth-order valence-corrected chi connectivity index (χ4v) is 1.77. The molecule has 0 unspecified atom stereocenters. The van der Waals surface area contributed by atoms with Gasteiger partial charge in [0.25, 0.3) is 5.91 Å². The molecule has 0 aliphatic rings. The summed E-state index contributed by atoms with van der Waals surface area (Å²) < 4.78 is 0. The molecule has 1 amide bonds. The van der Waals surface area contributed by atoms with Crippen LogP contribution in [-0.4, -0.2) is 31.1 Å². The van der Waals surface area contributed by atoms with E-state index in [1.165, 1.54) is 12.3 Å². The average Bonchev–Trinajstić information content (AvgIpc) is 3.09. The number of anilines is 1. The van der Waals surface area contributed by atoms with Crippen molar-refractivity contribution in [3.05, 3.63) is 47.4 Å². The van der Waals surface area contributed by atoms with Gasteiger partial charge in [0.1, 0.15) is 11.4 Å². The molecule has 0 radical (unpaired) electrons. The number of hydrogen-bond donors (Lipinski definition) is 3. The molecule has 3 heterocycles. The Balaban J connectivity index is 1.76. The highest BCUT2D eigenvalue weighted by Gasteiger charge is 2.12. The molecule has 0 bridgehead atoms. The Morgan fingerprint density at radius 3 is 2.95 bits per heavy atom. The summed E-state index contributed by atoms with van der Waals surface area (Å²) in [4.78, 5) is 22.9. The Labute approximate surface area is 118 Å². The van der Waals surface area contributed by atoms with Gasteiger partial charge in [-0.15, -0.1) is 5.10 Å². The Kier molecular flexibility index (Phi) is 3.18. The first-order valence-corrected chi connectivity index (χ1v) is 6.09. The molecule has 0 saturated heterocycles. The third kappa shape index (κ3) is 2.52. The van der Waals surface area contributed by atoms with E-state index in [1.54, 1.807) is 18.3 Å². The van der Waals surface area contributed by atoms with Crippen LogP contribution in [0.4, 0.5) is 5.95 Å². The maximum Gasteiger partial charge on any atom is 0.274 e. The topological polar surface area (TPSA) is 99.3 Å². The first kappa shape index (κ1) is 12.4. The lowest BCUT2D eigenvalue weighted by Gasteiger charge is -1.96. The van der Waals surface area contributed by atoms with E-state index in [-0.39, 0.29) is 11.9 Å². The van der Waals surface area contributed by atoms with Crippen LogP contribution in [0.1, 0.15) is 10.5 Å². The van der Waals surface area contributed by atoms with E-state index in [9.17, 15) is 4.79 Å². The lowest BCUT2D eigenvalue weighted by Crippen LogP contribution is -2.13. The number of nitrogens with one attached hydrogen (secondary N) is 3. The van der Waals surface area contributed by atoms with Crippen LogP contribution in [0.2, 0.25) is 5.02 Å². The molecule has 0 fully saturated rings. The molecule has 0 aliphatic heterocycles. The van der Waals surface area contributed by atoms with E-state index < -0.39 is 0 Å². The quantitative estimate of drug-likeness (QED) is 0.687. The van der Waals surface area contributed by atoms with Crippen LogP contribution in [-0.2, 0) is 0 Å². The van der Waals surface area contributed by atoms with Gasteiger partial charge >= 0.3 is 0 Å². The van der Waals surface area contributed by atoms with Crippen molar-refractivity contribution in [2.24, 2.45) is 0 Å². The number of rotatable bonds is 3. The molecular weight excluding hydrogens is 280 g/mol. The van der Waals surface area contributed by atoms with E-state index in [2.05, 4.69) is 30.5 Å². The number of H-pyrrole nitrogens is 2. The van der Waals surface area contributed by atoms with Gasteiger partial charge in [0.15, 0.2) is 5.82 Å². The van der Waals surface area contributed by atoms with Gasteiger partial charge in [0.2, 0.25) is 5.95 Å². The molecule has 3 rings (SSSR count). The normalized spacial score (nSPS) is 10.4. The van der Waals surface area contributed by atoms with Gasteiger partial charge in [-0.1, -0.05) is 17.7 Å². The van der Waals surface area contributed by atoms with Crippen LogP contribution < -0.4 is 5.32 Å². The zero-order valence-corrected chi connectivity index (χ0v) is 10.8. The second kappa shape index (κ2) is 5.14. The summed E-state index contributed by atoms with van der Waals surface area (Å²) in [6, 6.07) is 6.95. The molecule has 20 heavy (non-hydrogen) atoms. The molecule has 7 nitrogen and oxygen atoms in total. The van der Waals surface area contributed by atoms with Crippen molar-refractivity contribution < 1.29 is 4.79 Å². The van der Waals surface area contributed by atoms with E-state index >= 15 is 0 Å². The van der Waals surface area contributed by atoms with Gasteiger partial charge in [-0.2, -0.15) is 4.98 Å². The molecule has 0 saturated carbocycles. The summed E-state index contributed by atoms with van der Waals surface area (Å²) in [6.07, 6.45) is 3.17. The van der Waals surface area contributed by atoms with E-state index in [0.717, 1.165) is 0 Å². The molecule has 100 valence electrons. The summed E-state index contributed by atoms with van der Waals surface area (Å²) in [6.45, 7) is 0. The zero-order valence-electron chi connectivity index (χ0n) is 10.1. The van der Waals surface area contributed by atoms with E-state index in [1.807, 2.05) is 6.07 Å². The molecule has 3 N–H and O–H groups in total. The zero-order chi connectivity index (χ0) is 13.9. The number of amides is 1. The maximum atomic E-state index is 11.9. The molecule has 0 spiro atoms. The van der Waals surface area contributed by atoms with Crippen molar-refractivity contribution >= 4 is 23.5 Å². The number of halogens is 1. The molecule has 8 heteroatoms. The predicted octanol–water partition coefficient (Wildman–Crippen LogP) is 2.10. The molecule has 0 aromatic carbocycles. The average molecular weight is 289 g/mol. The number of pyridine rings is 1. The standard InChI is InChI=1S/C12H9ClN6O/c13-7-5-9(15-6-7)11(20)17-12-16-10(18-19-12)8-3-1-2-4-14-8/h1-6,15H,(H2,16,17,18,19,20). The Hall–Kier alpha value is -2.67. The summed E-state index contributed by atoms with van der Waals surface area (Å²) in [7, 11) is 0. The lowest BCUT2D eigenvalue weighted by molar-refractivity contribution is 0.102. The first-order valence-electron chi connectivity index (χ1n) is 5.71.